The van der Waals surface area contributed by atoms with Gasteiger partial charge in [-0.05, 0) is 78.6 Å². The van der Waals surface area contributed by atoms with Gasteiger partial charge in [0.25, 0.3) is 5.82 Å². The molecule has 0 radical (unpaired) electrons. The number of benzene rings is 3. The molecule has 3 nitrogen and oxygen atoms in total. The molecule has 0 aliphatic heterocycles. The van der Waals surface area contributed by atoms with Crippen molar-refractivity contribution in [3.8, 4) is 17.1 Å². The molecule has 0 spiro atoms. The van der Waals surface area contributed by atoms with E-state index < -0.39 is 0 Å². The minimum atomic E-state index is 1.20. The molecule has 0 unspecified atom stereocenters. The molecule has 0 N–H and O–H groups in total. The van der Waals surface area contributed by atoms with Crippen molar-refractivity contribution in [1.82, 2.24) is 8.97 Å². The molecule has 3 aromatic carbocycles. The Hall–Kier alpha value is -3.85. The van der Waals surface area contributed by atoms with E-state index in [1.807, 2.05) is 0 Å². The van der Waals surface area contributed by atoms with Gasteiger partial charge < -0.3 is 4.40 Å². The van der Waals surface area contributed by atoms with E-state index in [1.165, 1.54) is 61.0 Å². The van der Waals surface area contributed by atoms with Gasteiger partial charge in [0.05, 0.1) is 18.1 Å². The maximum absolute atomic E-state index is 2.35. The van der Waals surface area contributed by atoms with Crippen molar-refractivity contribution in [3.05, 3.63) is 102 Å². The van der Waals surface area contributed by atoms with Gasteiger partial charge in [0.2, 0.25) is 0 Å². The predicted molar refractivity (Wildman–Crippen MR) is 133 cm³/mol. The molecule has 0 amide bonds. The lowest BCUT2D eigenvalue weighted by Gasteiger charge is -2.11. The van der Waals surface area contributed by atoms with Gasteiger partial charge in [-0.3, -0.25) is 0 Å². The minimum absolute atomic E-state index is 1.20. The molecular formula is C29H26N3+. The SMILES string of the molecule is Cc1cc2cn3c(cc2cc1-c1n(-c2c(C)cccc2C)cc[n+]1C)cc1ccccc13. The van der Waals surface area contributed by atoms with E-state index in [1.54, 1.807) is 0 Å². The van der Waals surface area contributed by atoms with Crippen LogP contribution in [0.1, 0.15) is 16.7 Å². The van der Waals surface area contributed by atoms with Crippen LogP contribution < -0.4 is 4.57 Å². The molecule has 6 aromatic rings. The summed E-state index contributed by atoms with van der Waals surface area (Å²) in [5.41, 5.74) is 8.83. The monoisotopic (exact) mass is 416 g/mol. The average molecular weight is 417 g/mol. The van der Waals surface area contributed by atoms with Crippen LogP contribution in [-0.2, 0) is 7.05 Å². The third-order valence-corrected chi connectivity index (χ3v) is 6.70. The van der Waals surface area contributed by atoms with Gasteiger partial charge in [-0.1, -0.05) is 36.4 Å². The smallest absolute Gasteiger partial charge is 0.294 e. The predicted octanol–water partition coefficient (Wildman–Crippen LogP) is 6.45. The van der Waals surface area contributed by atoms with Crippen LogP contribution in [0.5, 0.6) is 0 Å². The number of pyridine rings is 1. The molecule has 6 rings (SSSR count). The number of hydrogen-bond donors (Lipinski definition) is 0. The molecule has 32 heavy (non-hydrogen) atoms. The third kappa shape index (κ3) is 2.71. The summed E-state index contributed by atoms with van der Waals surface area (Å²) < 4.78 is 6.86. The lowest BCUT2D eigenvalue weighted by molar-refractivity contribution is -0.659. The Morgan fingerprint density at radius 3 is 2.28 bits per heavy atom. The van der Waals surface area contributed by atoms with Crippen molar-refractivity contribution >= 4 is 27.2 Å². The number of imidazole rings is 1. The highest BCUT2D eigenvalue weighted by Gasteiger charge is 2.23. The number of rotatable bonds is 2. The standard InChI is InChI=1S/C29H26N3/c1-19-8-7-9-20(2)28(19)31-13-12-30(4)29(31)26-17-23-16-25-15-22-10-5-6-11-27(22)32(25)18-24(23)14-21(26)3/h5-18H,1-4H3/q+1. The topological polar surface area (TPSA) is 13.2 Å². The first kappa shape index (κ1) is 18.9. The number of aryl methyl sites for hydroxylation is 4. The second kappa shape index (κ2) is 6.83. The second-order valence-electron chi connectivity index (χ2n) is 8.91. The summed E-state index contributed by atoms with van der Waals surface area (Å²) in [6, 6.07) is 24.3. The first-order chi connectivity index (χ1) is 15.5. The highest BCUT2D eigenvalue weighted by molar-refractivity contribution is 5.95. The van der Waals surface area contributed by atoms with E-state index in [-0.39, 0.29) is 0 Å². The van der Waals surface area contributed by atoms with E-state index >= 15 is 0 Å². The number of para-hydroxylation sites is 2. The van der Waals surface area contributed by atoms with Crippen LogP contribution in [0.3, 0.4) is 0 Å². The molecule has 0 saturated heterocycles. The highest BCUT2D eigenvalue weighted by atomic mass is 15.1. The van der Waals surface area contributed by atoms with Gasteiger partial charge in [-0.25, -0.2) is 4.57 Å². The van der Waals surface area contributed by atoms with Crippen LogP contribution >= 0.6 is 0 Å². The molecule has 0 aliphatic rings. The third-order valence-electron chi connectivity index (χ3n) is 6.70. The zero-order chi connectivity index (χ0) is 22.0. The van der Waals surface area contributed by atoms with Gasteiger partial charge in [0.1, 0.15) is 18.1 Å². The van der Waals surface area contributed by atoms with Crippen molar-refractivity contribution in [2.75, 3.05) is 0 Å². The normalized spacial score (nSPS) is 11.8. The fourth-order valence-corrected chi connectivity index (χ4v) is 5.14. The molecular weight excluding hydrogens is 390 g/mol. The fraction of sp³-hybridized carbons (Fsp3) is 0.138. The fourth-order valence-electron chi connectivity index (χ4n) is 5.14. The van der Waals surface area contributed by atoms with Crippen LogP contribution in [0.2, 0.25) is 0 Å². The summed E-state index contributed by atoms with van der Waals surface area (Å²) in [7, 11) is 2.13. The number of aromatic nitrogens is 3. The van der Waals surface area contributed by atoms with E-state index in [9.17, 15) is 0 Å². The first-order valence-corrected chi connectivity index (χ1v) is 11.1. The lowest BCUT2D eigenvalue weighted by Crippen LogP contribution is -2.29. The lowest BCUT2D eigenvalue weighted by atomic mass is 10.0. The van der Waals surface area contributed by atoms with E-state index in [2.05, 4.69) is 127 Å². The summed E-state index contributed by atoms with van der Waals surface area (Å²) in [5.74, 6) is 1.20. The molecule has 0 bridgehead atoms. The molecule has 156 valence electrons. The van der Waals surface area contributed by atoms with Crippen LogP contribution in [0.25, 0.3) is 44.3 Å². The molecule has 3 aromatic heterocycles. The first-order valence-electron chi connectivity index (χ1n) is 11.1. The molecule has 3 heterocycles. The molecule has 0 fully saturated rings. The summed E-state index contributed by atoms with van der Waals surface area (Å²) in [4.78, 5) is 0. The van der Waals surface area contributed by atoms with Crippen LogP contribution in [0.4, 0.5) is 0 Å². The highest BCUT2D eigenvalue weighted by Crippen LogP contribution is 2.32. The number of hydrogen-bond acceptors (Lipinski definition) is 0. The maximum atomic E-state index is 2.35. The van der Waals surface area contributed by atoms with Crippen molar-refractivity contribution in [2.45, 2.75) is 20.8 Å². The summed E-state index contributed by atoms with van der Waals surface area (Å²) in [6.45, 7) is 6.59. The van der Waals surface area contributed by atoms with Crippen LogP contribution in [0, 0.1) is 20.8 Å². The Kier molecular flexibility index (Phi) is 4.03. The minimum Gasteiger partial charge on any atom is -0.316 e. The largest absolute Gasteiger partial charge is 0.316 e. The van der Waals surface area contributed by atoms with Gasteiger partial charge in [0, 0.05) is 17.1 Å². The zero-order valence-electron chi connectivity index (χ0n) is 18.9. The van der Waals surface area contributed by atoms with Gasteiger partial charge in [-0.15, -0.1) is 0 Å². The van der Waals surface area contributed by atoms with Crippen molar-refractivity contribution < 1.29 is 4.57 Å². The van der Waals surface area contributed by atoms with Gasteiger partial charge in [0.15, 0.2) is 0 Å². The Balaban J connectivity index is 1.62. The van der Waals surface area contributed by atoms with Gasteiger partial charge >= 0.3 is 0 Å². The number of fused-ring (bicyclic) bond motifs is 4. The summed E-state index contributed by atoms with van der Waals surface area (Å²) in [6.07, 6.45) is 6.60. The Morgan fingerprint density at radius 1 is 0.719 bits per heavy atom. The average Bonchev–Trinajstić information content (AvgIpc) is 3.32. The molecule has 3 heteroatoms. The molecule has 0 atom stereocenters. The molecule has 0 saturated carbocycles. The van der Waals surface area contributed by atoms with E-state index in [0.717, 1.165) is 0 Å². The van der Waals surface area contributed by atoms with E-state index in [4.69, 9.17) is 0 Å². The van der Waals surface area contributed by atoms with Gasteiger partial charge in [-0.2, -0.15) is 4.57 Å². The zero-order valence-corrected chi connectivity index (χ0v) is 18.9. The molecule has 0 aliphatic carbocycles. The Bertz CT molecular complexity index is 1640. The van der Waals surface area contributed by atoms with Crippen molar-refractivity contribution in [3.63, 3.8) is 0 Å². The Morgan fingerprint density at radius 2 is 1.47 bits per heavy atom. The summed E-state index contributed by atoms with van der Waals surface area (Å²) in [5, 5.41) is 3.79. The van der Waals surface area contributed by atoms with E-state index in [0.29, 0.717) is 0 Å². The van der Waals surface area contributed by atoms with Crippen molar-refractivity contribution in [2.24, 2.45) is 7.05 Å². The quantitative estimate of drug-likeness (QED) is 0.288. The maximum Gasteiger partial charge on any atom is 0.294 e. The van der Waals surface area contributed by atoms with Crippen LogP contribution in [0.15, 0.2) is 85.3 Å². The second-order valence-corrected chi connectivity index (χ2v) is 8.91. The van der Waals surface area contributed by atoms with Crippen LogP contribution in [-0.4, -0.2) is 8.97 Å². The Labute approximate surface area is 187 Å². The van der Waals surface area contributed by atoms with Crippen molar-refractivity contribution in [1.29, 1.82) is 0 Å². The number of nitrogens with zero attached hydrogens (tertiary/aromatic N) is 3. The summed E-state index contributed by atoms with van der Waals surface area (Å²) >= 11 is 0.